The Kier molecular flexibility index (Phi) is 13.5. The molecule has 0 bridgehead atoms. The number of hydrogen-bond donors (Lipinski definition) is 4. The normalized spacial score (nSPS) is 17.4. The number of carboxylic acids is 1. The van der Waals surface area contributed by atoms with Crippen LogP contribution in [0.4, 0.5) is 0 Å². The van der Waals surface area contributed by atoms with Crippen molar-refractivity contribution >= 4 is 5.97 Å². The van der Waals surface area contributed by atoms with Gasteiger partial charge in [-0.1, -0.05) is 74.8 Å². The molecule has 0 aromatic rings. The first-order chi connectivity index (χ1) is 12.3. The van der Waals surface area contributed by atoms with E-state index in [1.165, 1.54) is 6.08 Å². The molecule has 0 aliphatic heterocycles. The van der Waals surface area contributed by atoms with Crippen molar-refractivity contribution in [2.24, 2.45) is 0 Å². The highest BCUT2D eigenvalue weighted by Gasteiger charge is 2.14. The zero-order chi connectivity index (χ0) is 19.8. The lowest BCUT2D eigenvalue weighted by atomic mass is 9.98. The number of rotatable bonds is 14. The summed E-state index contributed by atoms with van der Waals surface area (Å²) in [5, 5.41) is 38.1. The van der Waals surface area contributed by atoms with Gasteiger partial charge in [0.15, 0.2) is 0 Å². The van der Waals surface area contributed by atoms with Gasteiger partial charge in [-0.05, 0) is 26.2 Å². The van der Waals surface area contributed by atoms with E-state index in [4.69, 9.17) is 5.11 Å². The van der Waals surface area contributed by atoms with Gasteiger partial charge in [-0.2, -0.15) is 0 Å². The number of carbonyl (C=O) groups is 1. The largest absolute Gasteiger partial charge is 0.481 e. The van der Waals surface area contributed by atoms with Gasteiger partial charge in [0.05, 0.1) is 17.8 Å². The summed E-state index contributed by atoms with van der Waals surface area (Å²) in [6.07, 6.45) is 16.4. The lowest BCUT2D eigenvalue weighted by molar-refractivity contribution is -0.137. The minimum Gasteiger partial charge on any atom is -0.481 e. The van der Waals surface area contributed by atoms with Gasteiger partial charge in [-0.15, -0.1) is 0 Å². The van der Waals surface area contributed by atoms with Gasteiger partial charge in [0.25, 0.3) is 0 Å². The number of unbranched alkanes of at least 4 members (excludes halogenated alkanes) is 2. The first-order valence-electron chi connectivity index (χ1n) is 9.28. The number of aliphatic hydroxyl groups excluding tert-OH is 2. The van der Waals surface area contributed by atoms with Gasteiger partial charge in [-0.3, -0.25) is 4.79 Å². The molecule has 0 rings (SSSR count). The van der Waals surface area contributed by atoms with E-state index in [1.807, 2.05) is 6.08 Å². The minimum atomic E-state index is -1.02. The Balaban J connectivity index is 4.12. The molecule has 0 saturated carbocycles. The highest BCUT2D eigenvalue weighted by Crippen LogP contribution is 2.15. The van der Waals surface area contributed by atoms with Crippen molar-refractivity contribution in [3.8, 4) is 0 Å². The van der Waals surface area contributed by atoms with E-state index >= 15 is 0 Å². The van der Waals surface area contributed by atoms with Crippen LogP contribution >= 0.6 is 0 Å². The van der Waals surface area contributed by atoms with Crippen LogP contribution in [0.25, 0.3) is 0 Å². The summed E-state index contributed by atoms with van der Waals surface area (Å²) in [6, 6.07) is 0. The molecule has 0 amide bonds. The van der Waals surface area contributed by atoms with Crippen LogP contribution in [0.2, 0.25) is 0 Å². The average molecular weight is 366 g/mol. The van der Waals surface area contributed by atoms with Crippen molar-refractivity contribution in [3.63, 3.8) is 0 Å². The monoisotopic (exact) mass is 366 g/mol. The van der Waals surface area contributed by atoms with E-state index in [0.717, 1.165) is 25.7 Å². The fraction of sp³-hybridized carbons (Fsp3) is 0.571. The van der Waals surface area contributed by atoms with Gasteiger partial charge in [0, 0.05) is 6.42 Å². The second-order valence-electron chi connectivity index (χ2n) is 6.67. The molecule has 0 aromatic heterocycles. The Morgan fingerprint density at radius 2 is 1.62 bits per heavy atom. The molecule has 4 N–H and O–H groups in total. The standard InChI is InChI=1S/C21H34O5/c1-3-4-10-16-21(2,26)17-11-8-6-5-7-9-13-18(22)19(23)14-12-15-20(24)25/h5-9,11,13,17-19,22-23,26H,3-4,10,12,14-16H2,1-2H3,(H,24,25)/t18-,19+,21?/m1/s1. The zero-order valence-electron chi connectivity index (χ0n) is 15.9. The number of hydrogen-bond acceptors (Lipinski definition) is 4. The summed E-state index contributed by atoms with van der Waals surface area (Å²) in [4.78, 5) is 10.4. The maximum Gasteiger partial charge on any atom is 0.303 e. The molecule has 1 unspecified atom stereocenters. The second-order valence-corrected chi connectivity index (χ2v) is 6.67. The van der Waals surface area contributed by atoms with Crippen LogP contribution in [0.1, 0.15) is 58.8 Å². The third-order valence-electron chi connectivity index (χ3n) is 3.89. The number of allylic oxidation sites excluding steroid dienone is 6. The summed E-state index contributed by atoms with van der Waals surface area (Å²) < 4.78 is 0. The molecular formula is C21H34O5. The highest BCUT2D eigenvalue weighted by atomic mass is 16.4. The number of carboxylic acid groups (broad SMARTS) is 1. The Hall–Kier alpha value is -1.69. The fourth-order valence-corrected chi connectivity index (χ4v) is 2.28. The fourth-order valence-electron chi connectivity index (χ4n) is 2.28. The van der Waals surface area contributed by atoms with Crippen LogP contribution in [0.5, 0.6) is 0 Å². The summed E-state index contributed by atoms with van der Waals surface area (Å²) in [5.74, 6) is -0.909. The second kappa shape index (κ2) is 14.5. The maximum absolute atomic E-state index is 10.4. The molecule has 5 nitrogen and oxygen atoms in total. The molecule has 0 saturated heterocycles. The number of aliphatic hydroxyl groups is 3. The van der Waals surface area contributed by atoms with Gasteiger partial charge in [-0.25, -0.2) is 0 Å². The predicted molar refractivity (Wildman–Crippen MR) is 105 cm³/mol. The molecule has 0 fully saturated rings. The van der Waals surface area contributed by atoms with Crippen molar-refractivity contribution in [2.45, 2.75) is 76.6 Å². The first-order valence-corrected chi connectivity index (χ1v) is 9.28. The third kappa shape index (κ3) is 14.6. The van der Waals surface area contributed by atoms with Crippen molar-refractivity contribution in [1.29, 1.82) is 0 Å². The van der Waals surface area contributed by atoms with Crippen molar-refractivity contribution < 1.29 is 25.2 Å². The molecule has 0 aliphatic rings. The Morgan fingerprint density at radius 1 is 1.00 bits per heavy atom. The van der Waals surface area contributed by atoms with Gasteiger partial charge < -0.3 is 20.4 Å². The molecule has 0 aromatic carbocycles. The summed E-state index contributed by atoms with van der Waals surface area (Å²) in [6.45, 7) is 3.93. The van der Waals surface area contributed by atoms with E-state index in [2.05, 4.69) is 6.92 Å². The third-order valence-corrected chi connectivity index (χ3v) is 3.89. The molecule has 26 heavy (non-hydrogen) atoms. The smallest absolute Gasteiger partial charge is 0.303 e. The van der Waals surface area contributed by atoms with Crippen LogP contribution in [0, 0.1) is 0 Å². The molecular weight excluding hydrogens is 332 g/mol. The maximum atomic E-state index is 10.4. The van der Waals surface area contributed by atoms with E-state index in [9.17, 15) is 20.1 Å². The van der Waals surface area contributed by atoms with E-state index < -0.39 is 23.8 Å². The minimum absolute atomic E-state index is 0.0167. The predicted octanol–water partition coefficient (Wildman–Crippen LogP) is 3.52. The Labute approximate surface area is 157 Å². The molecule has 5 heteroatoms. The lowest BCUT2D eigenvalue weighted by Crippen LogP contribution is -2.23. The van der Waals surface area contributed by atoms with Gasteiger partial charge >= 0.3 is 5.97 Å². The highest BCUT2D eigenvalue weighted by molar-refractivity contribution is 5.66. The zero-order valence-corrected chi connectivity index (χ0v) is 15.9. The summed E-state index contributed by atoms with van der Waals surface area (Å²) in [7, 11) is 0. The summed E-state index contributed by atoms with van der Waals surface area (Å²) >= 11 is 0. The topological polar surface area (TPSA) is 98.0 Å². The molecule has 0 radical (unpaired) electrons. The van der Waals surface area contributed by atoms with E-state index in [0.29, 0.717) is 6.42 Å². The first kappa shape index (κ1) is 24.3. The Morgan fingerprint density at radius 3 is 2.23 bits per heavy atom. The van der Waals surface area contributed by atoms with Crippen molar-refractivity contribution in [2.75, 3.05) is 0 Å². The van der Waals surface area contributed by atoms with Gasteiger partial charge in [0.1, 0.15) is 0 Å². The Bertz CT molecular complexity index is 489. The molecule has 0 aliphatic carbocycles. The van der Waals surface area contributed by atoms with Crippen LogP contribution in [0.15, 0.2) is 48.6 Å². The van der Waals surface area contributed by atoms with E-state index in [1.54, 1.807) is 43.4 Å². The number of aliphatic carboxylic acids is 1. The van der Waals surface area contributed by atoms with Crippen LogP contribution in [0.3, 0.4) is 0 Å². The van der Waals surface area contributed by atoms with Gasteiger partial charge in [0.2, 0.25) is 0 Å². The van der Waals surface area contributed by atoms with Crippen LogP contribution < -0.4 is 0 Å². The SMILES string of the molecule is CCCCCC(C)(O)C=CC=CC=CC=C[C@@H](O)[C@@H](O)CCCC(=O)O. The van der Waals surface area contributed by atoms with Crippen molar-refractivity contribution in [3.05, 3.63) is 48.6 Å². The lowest BCUT2D eigenvalue weighted by Gasteiger charge is -2.18. The molecule has 0 spiro atoms. The summed E-state index contributed by atoms with van der Waals surface area (Å²) in [5.41, 5.74) is -0.788. The molecule has 3 atom stereocenters. The van der Waals surface area contributed by atoms with E-state index in [-0.39, 0.29) is 12.8 Å². The average Bonchev–Trinajstić information content (AvgIpc) is 2.56. The quantitative estimate of drug-likeness (QED) is 0.278. The van der Waals surface area contributed by atoms with Crippen molar-refractivity contribution in [1.82, 2.24) is 0 Å². The van der Waals surface area contributed by atoms with Crippen LogP contribution in [-0.2, 0) is 4.79 Å². The molecule has 148 valence electrons. The van der Waals surface area contributed by atoms with Crippen LogP contribution in [-0.4, -0.2) is 44.2 Å². The molecule has 0 heterocycles.